The zero-order chi connectivity index (χ0) is 16.8. The average Bonchev–Trinajstić information content (AvgIpc) is 2.91. The number of carbonyl (C=O) groups excluding carboxylic acids is 1. The summed E-state index contributed by atoms with van der Waals surface area (Å²) in [6.45, 7) is 3.62. The van der Waals surface area contributed by atoms with Crippen molar-refractivity contribution < 1.29 is 9.53 Å². The van der Waals surface area contributed by atoms with Crippen LogP contribution in [0.5, 0.6) is 0 Å². The Labute approximate surface area is 145 Å². The first-order valence-electron chi connectivity index (χ1n) is 9.20. The molecule has 24 heavy (non-hydrogen) atoms. The highest BCUT2D eigenvalue weighted by Crippen LogP contribution is 2.28. The van der Waals surface area contributed by atoms with Crippen molar-refractivity contribution in [2.75, 3.05) is 43.5 Å². The van der Waals surface area contributed by atoms with Gasteiger partial charge in [0, 0.05) is 33.3 Å². The second-order valence-electron chi connectivity index (χ2n) is 6.79. The second kappa shape index (κ2) is 8.38. The molecule has 2 amide bonds. The number of urea groups is 1. The maximum absolute atomic E-state index is 12.7. The van der Waals surface area contributed by atoms with Gasteiger partial charge in [-0.05, 0) is 37.8 Å². The van der Waals surface area contributed by atoms with E-state index in [1.165, 1.54) is 25.7 Å². The molecule has 0 saturated carbocycles. The predicted molar refractivity (Wildman–Crippen MR) is 97.7 cm³/mol. The van der Waals surface area contributed by atoms with Gasteiger partial charge in [0.1, 0.15) is 0 Å². The van der Waals surface area contributed by atoms with Gasteiger partial charge in [-0.15, -0.1) is 0 Å². The van der Waals surface area contributed by atoms with Crippen LogP contribution in [-0.4, -0.2) is 50.3 Å². The number of nitrogens with one attached hydrogen (secondary N) is 1. The zero-order valence-corrected chi connectivity index (χ0v) is 14.7. The molecule has 3 rings (SSSR count). The summed E-state index contributed by atoms with van der Waals surface area (Å²) in [5.74, 6) is 0. The number of methoxy groups -OCH3 is 1. The minimum absolute atomic E-state index is 0.0148. The molecule has 2 saturated heterocycles. The smallest absolute Gasteiger partial charge is 0.321 e. The highest BCUT2D eigenvalue weighted by Gasteiger charge is 2.24. The fraction of sp³-hybridized carbons (Fsp3) is 0.632. The van der Waals surface area contributed by atoms with Crippen molar-refractivity contribution in [2.45, 2.75) is 44.6 Å². The van der Waals surface area contributed by atoms with Crippen LogP contribution in [0.25, 0.3) is 0 Å². The third-order valence-electron chi connectivity index (χ3n) is 5.09. The molecular formula is C19H29N3O2. The number of benzene rings is 1. The lowest BCUT2D eigenvalue weighted by Gasteiger charge is -2.32. The van der Waals surface area contributed by atoms with Gasteiger partial charge in [0.2, 0.25) is 0 Å². The summed E-state index contributed by atoms with van der Waals surface area (Å²) in [5.41, 5.74) is 2.07. The highest BCUT2D eigenvalue weighted by molar-refractivity contribution is 5.93. The van der Waals surface area contributed by atoms with Crippen LogP contribution in [-0.2, 0) is 4.74 Å². The summed E-state index contributed by atoms with van der Waals surface area (Å²) in [7, 11) is 1.72. The van der Waals surface area contributed by atoms with Crippen LogP contribution in [0.1, 0.15) is 38.5 Å². The van der Waals surface area contributed by atoms with Gasteiger partial charge < -0.3 is 19.9 Å². The van der Waals surface area contributed by atoms with Crippen molar-refractivity contribution in [1.82, 2.24) is 4.90 Å². The van der Waals surface area contributed by atoms with Crippen molar-refractivity contribution in [3.63, 3.8) is 0 Å². The van der Waals surface area contributed by atoms with Crippen LogP contribution in [0, 0.1) is 0 Å². The van der Waals surface area contributed by atoms with Gasteiger partial charge in [0.25, 0.3) is 0 Å². The Hall–Kier alpha value is -1.75. The van der Waals surface area contributed by atoms with E-state index in [1.54, 1.807) is 7.11 Å². The SMILES string of the molecule is CO[C@@H]1CCCN(C(=O)Nc2ccccc2N2CCCCCC2)C1. The van der Waals surface area contributed by atoms with E-state index in [9.17, 15) is 4.79 Å². The Kier molecular flexibility index (Phi) is 5.96. The van der Waals surface area contributed by atoms with Gasteiger partial charge >= 0.3 is 6.03 Å². The molecule has 2 heterocycles. The number of anilines is 2. The largest absolute Gasteiger partial charge is 0.380 e. The summed E-state index contributed by atoms with van der Waals surface area (Å²) in [5, 5.41) is 3.13. The summed E-state index contributed by atoms with van der Waals surface area (Å²) >= 11 is 0. The summed E-state index contributed by atoms with van der Waals surface area (Å²) in [6.07, 6.45) is 7.25. The van der Waals surface area contributed by atoms with E-state index in [0.717, 1.165) is 43.9 Å². The van der Waals surface area contributed by atoms with Gasteiger partial charge in [-0.1, -0.05) is 25.0 Å². The number of rotatable bonds is 3. The lowest BCUT2D eigenvalue weighted by Crippen LogP contribution is -2.45. The fourth-order valence-corrected chi connectivity index (χ4v) is 3.68. The number of hydrogen-bond donors (Lipinski definition) is 1. The molecule has 132 valence electrons. The molecule has 2 aliphatic heterocycles. The number of hydrogen-bond acceptors (Lipinski definition) is 3. The van der Waals surface area contributed by atoms with E-state index in [2.05, 4.69) is 22.3 Å². The lowest BCUT2D eigenvalue weighted by atomic mass is 10.1. The number of amides is 2. The summed E-state index contributed by atoms with van der Waals surface area (Å²) in [4.78, 5) is 17.0. The average molecular weight is 331 g/mol. The molecule has 0 bridgehead atoms. The third kappa shape index (κ3) is 4.20. The van der Waals surface area contributed by atoms with Gasteiger partial charge in [-0.25, -0.2) is 4.79 Å². The zero-order valence-electron chi connectivity index (χ0n) is 14.7. The van der Waals surface area contributed by atoms with Crippen molar-refractivity contribution in [1.29, 1.82) is 0 Å². The highest BCUT2D eigenvalue weighted by atomic mass is 16.5. The van der Waals surface area contributed by atoms with E-state index >= 15 is 0 Å². The quantitative estimate of drug-likeness (QED) is 0.918. The van der Waals surface area contributed by atoms with Crippen LogP contribution >= 0.6 is 0 Å². The van der Waals surface area contributed by atoms with Crippen LogP contribution in [0.3, 0.4) is 0 Å². The second-order valence-corrected chi connectivity index (χ2v) is 6.79. The molecule has 1 N–H and O–H groups in total. The fourth-order valence-electron chi connectivity index (χ4n) is 3.68. The minimum Gasteiger partial charge on any atom is -0.380 e. The number of para-hydroxylation sites is 2. The predicted octanol–water partition coefficient (Wildman–Crippen LogP) is 3.71. The van der Waals surface area contributed by atoms with Gasteiger partial charge in [0.05, 0.1) is 17.5 Å². The first-order chi connectivity index (χ1) is 11.8. The monoisotopic (exact) mass is 331 g/mol. The minimum atomic E-state index is -0.0148. The van der Waals surface area contributed by atoms with E-state index < -0.39 is 0 Å². The van der Waals surface area contributed by atoms with Crippen LogP contribution in [0.2, 0.25) is 0 Å². The first-order valence-corrected chi connectivity index (χ1v) is 9.20. The molecule has 0 unspecified atom stereocenters. The molecule has 0 radical (unpaired) electrons. The van der Waals surface area contributed by atoms with Crippen LogP contribution < -0.4 is 10.2 Å². The molecule has 1 aromatic carbocycles. The van der Waals surface area contributed by atoms with E-state index in [4.69, 9.17) is 4.74 Å². The Morgan fingerprint density at radius 3 is 2.58 bits per heavy atom. The van der Waals surface area contributed by atoms with Crippen LogP contribution in [0.4, 0.5) is 16.2 Å². The molecule has 5 heteroatoms. The number of piperidine rings is 1. The van der Waals surface area contributed by atoms with E-state index in [0.29, 0.717) is 6.54 Å². The lowest BCUT2D eigenvalue weighted by molar-refractivity contribution is 0.0458. The number of carbonyl (C=O) groups is 1. The van der Waals surface area contributed by atoms with Crippen molar-refractivity contribution in [3.8, 4) is 0 Å². The normalized spacial score (nSPS) is 22.1. The standard InChI is InChI=1S/C19H29N3O2/c1-24-16-9-8-14-22(15-16)19(23)20-17-10-4-5-11-18(17)21-12-6-2-3-7-13-21/h4-5,10-11,16H,2-3,6-9,12-15H2,1H3,(H,20,23)/t16-/m1/s1. The van der Waals surface area contributed by atoms with Gasteiger partial charge in [0.15, 0.2) is 0 Å². The summed E-state index contributed by atoms with van der Waals surface area (Å²) in [6, 6.07) is 8.16. The Balaban J connectivity index is 1.69. The molecule has 5 nitrogen and oxygen atoms in total. The Bertz CT molecular complexity index is 541. The topological polar surface area (TPSA) is 44.8 Å². The van der Waals surface area contributed by atoms with Crippen molar-refractivity contribution >= 4 is 17.4 Å². The van der Waals surface area contributed by atoms with Gasteiger partial charge in [-0.2, -0.15) is 0 Å². The maximum Gasteiger partial charge on any atom is 0.321 e. The maximum atomic E-state index is 12.7. The van der Waals surface area contributed by atoms with Crippen molar-refractivity contribution in [2.24, 2.45) is 0 Å². The molecule has 0 spiro atoms. The number of ether oxygens (including phenoxy) is 1. The van der Waals surface area contributed by atoms with Crippen molar-refractivity contribution in [3.05, 3.63) is 24.3 Å². The molecule has 2 aliphatic rings. The number of nitrogens with zero attached hydrogens (tertiary/aromatic N) is 2. The first kappa shape index (κ1) is 17.1. The molecule has 0 aromatic heterocycles. The summed E-state index contributed by atoms with van der Waals surface area (Å²) < 4.78 is 5.42. The van der Waals surface area contributed by atoms with Crippen LogP contribution in [0.15, 0.2) is 24.3 Å². The third-order valence-corrected chi connectivity index (χ3v) is 5.09. The number of likely N-dealkylation sites (tertiary alicyclic amines) is 1. The van der Waals surface area contributed by atoms with Gasteiger partial charge in [-0.3, -0.25) is 0 Å². The Morgan fingerprint density at radius 1 is 1.08 bits per heavy atom. The molecule has 2 fully saturated rings. The molecular weight excluding hydrogens is 302 g/mol. The van der Waals surface area contributed by atoms with E-state index in [1.807, 2.05) is 17.0 Å². The Morgan fingerprint density at radius 2 is 1.83 bits per heavy atom. The molecule has 1 atom stereocenters. The van der Waals surface area contributed by atoms with E-state index in [-0.39, 0.29) is 12.1 Å². The molecule has 0 aliphatic carbocycles. The molecule has 1 aromatic rings.